The number of morpholine rings is 1. The molecule has 2 unspecified atom stereocenters. The number of β-amino-alcohol motifs (C(OH)–C–C–N with tert-alkyl or cyclic N) is 1. The van der Waals surface area contributed by atoms with Crippen LogP contribution >= 0.6 is 0 Å². The zero-order valence-corrected chi connectivity index (χ0v) is 12.7. The van der Waals surface area contributed by atoms with Crippen LogP contribution in [0.15, 0.2) is 0 Å². The van der Waals surface area contributed by atoms with Gasteiger partial charge in [-0.15, -0.1) is 0 Å². The van der Waals surface area contributed by atoms with Crippen molar-refractivity contribution in [1.29, 1.82) is 0 Å². The molecule has 20 heavy (non-hydrogen) atoms. The lowest BCUT2D eigenvalue weighted by Gasteiger charge is -2.33. The van der Waals surface area contributed by atoms with Gasteiger partial charge >= 0.3 is 0 Å². The van der Waals surface area contributed by atoms with Gasteiger partial charge in [-0.3, -0.25) is 9.58 Å². The highest BCUT2D eigenvalue weighted by atomic mass is 16.5. The number of anilines is 1. The van der Waals surface area contributed by atoms with Gasteiger partial charge in [0, 0.05) is 19.6 Å². The number of aromatic nitrogens is 2. The van der Waals surface area contributed by atoms with Gasteiger partial charge in [0.1, 0.15) is 0 Å². The third-order valence-electron chi connectivity index (χ3n) is 3.97. The van der Waals surface area contributed by atoms with Gasteiger partial charge in [-0.2, -0.15) is 5.10 Å². The summed E-state index contributed by atoms with van der Waals surface area (Å²) in [4.78, 5) is 2.26. The van der Waals surface area contributed by atoms with E-state index < -0.39 is 6.10 Å². The molecule has 2 heterocycles. The molecule has 0 aliphatic carbocycles. The van der Waals surface area contributed by atoms with E-state index in [0.29, 0.717) is 19.2 Å². The predicted molar refractivity (Wildman–Crippen MR) is 78.6 cm³/mol. The van der Waals surface area contributed by atoms with Crippen molar-refractivity contribution in [1.82, 2.24) is 14.7 Å². The molecular weight excluding hydrogens is 256 g/mol. The SMILES string of the molecule is CCC1CN(CC(O)Cn2nc(C)c(N)c2C)CCO1. The van der Waals surface area contributed by atoms with E-state index in [1.807, 2.05) is 13.8 Å². The molecule has 0 amide bonds. The Hall–Kier alpha value is -1.11. The number of hydrogen-bond acceptors (Lipinski definition) is 5. The number of nitrogens with zero attached hydrogens (tertiary/aromatic N) is 3. The van der Waals surface area contributed by atoms with Gasteiger partial charge in [0.05, 0.1) is 42.4 Å². The van der Waals surface area contributed by atoms with E-state index in [-0.39, 0.29) is 0 Å². The molecule has 2 rings (SSSR count). The van der Waals surface area contributed by atoms with Crippen LogP contribution in [-0.2, 0) is 11.3 Å². The van der Waals surface area contributed by atoms with Crippen LogP contribution in [0.25, 0.3) is 0 Å². The molecule has 0 saturated carbocycles. The summed E-state index contributed by atoms with van der Waals surface area (Å²) < 4.78 is 7.44. The van der Waals surface area contributed by atoms with Gasteiger partial charge in [0.2, 0.25) is 0 Å². The Balaban J connectivity index is 1.88. The molecule has 1 aliphatic rings. The number of ether oxygens (including phenoxy) is 1. The van der Waals surface area contributed by atoms with Gasteiger partial charge in [0.15, 0.2) is 0 Å². The lowest BCUT2D eigenvalue weighted by molar-refractivity contribution is -0.0431. The molecule has 1 aromatic heterocycles. The summed E-state index contributed by atoms with van der Waals surface area (Å²) >= 11 is 0. The van der Waals surface area contributed by atoms with E-state index in [4.69, 9.17) is 10.5 Å². The number of aliphatic hydroxyl groups excluding tert-OH is 1. The van der Waals surface area contributed by atoms with Gasteiger partial charge in [-0.1, -0.05) is 6.92 Å². The first-order valence-electron chi connectivity index (χ1n) is 7.32. The van der Waals surface area contributed by atoms with E-state index in [2.05, 4.69) is 16.9 Å². The minimum Gasteiger partial charge on any atom is -0.396 e. The second-order valence-electron chi connectivity index (χ2n) is 5.58. The van der Waals surface area contributed by atoms with Crippen molar-refractivity contribution < 1.29 is 9.84 Å². The van der Waals surface area contributed by atoms with Crippen LogP contribution in [0.1, 0.15) is 24.7 Å². The number of nitrogen functional groups attached to an aromatic ring is 1. The minimum absolute atomic E-state index is 0.292. The van der Waals surface area contributed by atoms with Crippen LogP contribution in [0.4, 0.5) is 5.69 Å². The lowest BCUT2D eigenvalue weighted by atomic mass is 10.2. The van der Waals surface area contributed by atoms with Crippen LogP contribution in [0.3, 0.4) is 0 Å². The summed E-state index contributed by atoms with van der Waals surface area (Å²) in [5.74, 6) is 0. The molecule has 6 nitrogen and oxygen atoms in total. The monoisotopic (exact) mass is 282 g/mol. The maximum atomic E-state index is 10.3. The molecule has 3 N–H and O–H groups in total. The summed E-state index contributed by atoms with van der Waals surface area (Å²) in [5.41, 5.74) is 8.38. The van der Waals surface area contributed by atoms with Gasteiger partial charge < -0.3 is 15.6 Å². The van der Waals surface area contributed by atoms with E-state index >= 15 is 0 Å². The van der Waals surface area contributed by atoms with Crippen LogP contribution in [-0.4, -0.2) is 58.2 Å². The summed E-state index contributed by atoms with van der Waals surface area (Å²) in [6, 6.07) is 0. The highest BCUT2D eigenvalue weighted by molar-refractivity contribution is 5.46. The molecule has 0 spiro atoms. The molecular formula is C14H26N4O2. The van der Waals surface area contributed by atoms with E-state index in [9.17, 15) is 5.11 Å². The fourth-order valence-electron chi connectivity index (χ4n) is 2.64. The second-order valence-corrected chi connectivity index (χ2v) is 5.58. The first-order chi connectivity index (χ1) is 9.51. The molecule has 1 aliphatic heterocycles. The zero-order valence-electron chi connectivity index (χ0n) is 12.7. The van der Waals surface area contributed by atoms with Gasteiger partial charge in [0.25, 0.3) is 0 Å². The Morgan fingerprint density at radius 3 is 2.80 bits per heavy atom. The molecule has 1 saturated heterocycles. The summed E-state index contributed by atoms with van der Waals surface area (Å²) in [7, 11) is 0. The fraction of sp³-hybridized carbons (Fsp3) is 0.786. The first-order valence-corrected chi connectivity index (χ1v) is 7.32. The normalized spacial score (nSPS) is 22.1. The van der Waals surface area contributed by atoms with Crippen LogP contribution < -0.4 is 5.73 Å². The average Bonchev–Trinajstić information content (AvgIpc) is 2.66. The van der Waals surface area contributed by atoms with Crippen molar-refractivity contribution in [2.24, 2.45) is 0 Å². The predicted octanol–water partition coefficient (Wildman–Crippen LogP) is 0.554. The molecule has 1 aromatic rings. The van der Waals surface area contributed by atoms with Crippen LogP contribution in [0, 0.1) is 13.8 Å². The molecule has 114 valence electrons. The third kappa shape index (κ3) is 3.50. The fourth-order valence-corrected chi connectivity index (χ4v) is 2.64. The molecule has 6 heteroatoms. The second kappa shape index (κ2) is 6.56. The molecule has 1 fully saturated rings. The average molecular weight is 282 g/mol. The van der Waals surface area contributed by atoms with Gasteiger partial charge in [-0.05, 0) is 20.3 Å². The molecule has 2 atom stereocenters. The number of aryl methyl sites for hydroxylation is 1. The highest BCUT2D eigenvalue weighted by Crippen LogP contribution is 2.15. The molecule has 0 bridgehead atoms. The molecule has 0 aromatic carbocycles. The topological polar surface area (TPSA) is 76.5 Å². The van der Waals surface area contributed by atoms with E-state index in [0.717, 1.165) is 43.2 Å². The smallest absolute Gasteiger partial charge is 0.0862 e. The maximum Gasteiger partial charge on any atom is 0.0862 e. The summed E-state index contributed by atoms with van der Waals surface area (Å²) in [6.45, 7) is 9.61. The summed E-state index contributed by atoms with van der Waals surface area (Å²) in [6.07, 6.45) is 0.865. The van der Waals surface area contributed by atoms with Crippen LogP contribution in [0.5, 0.6) is 0 Å². The zero-order chi connectivity index (χ0) is 14.7. The lowest BCUT2D eigenvalue weighted by Crippen LogP contribution is -2.46. The quantitative estimate of drug-likeness (QED) is 0.825. The van der Waals surface area contributed by atoms with Crippen molar-refractivity contribution in [2.45, 2.75) is 45.9 Å². The number of nitrogens with two attached hydrogens (primary N) is 1. The maximum absolute atomic E-state index is 10.3. The Labute approximate surface area is 120 Å². The Morgan fingerprint density at radius 1 is 1.45 bits per heavy atom. The van der Waals surface area contributed by atoms with Crippen molar-refractivity contribution in [3.05, 3.63) is 11.4 Å². The first kappa shape index (κ1) is 15.3. The van der Waals surface area contributed by atoms with Crippen molar-refractivity contribution in [3.63, 3.8) is 0 Å². The standard InChI is InChI=1S/C14H26N4O2/c1-4-13-9-17(5-6-20-13)7-12(19)8-18-11(3)14(15)10(2)16-18/h12-13,19H,4-9,15H2,1-3H3. The minimum atomic E-state index is -0.442. The highest BCUT2D eigenvalue weighted by Gasteiger charge is 2.21. The van der Waals surface area contributed by atoms with Crippen molar-refractivity contribution in [2.75, 3.05) is 32.0 Å². The van der Waals surface area contributed by atoms with Gasteiger partial charge in [-0.25, -0.2) is 0 Å². The summed E-state index contributed by atoms with van der Waals surface area (Å²) in [5, 5.41) is 14.6. The Bertz CT molecular complexity index is 447. The van der Waals surface area contributed by atoms with E-state index in [1.165, 1.54) is 0 Å². The van der Waals surface area contributed by atoms with Crippen LogP contribution in [0.2, 0.25) is 0 Å². The Morgan fingerprint density at radius 2 is 2.20 bits per heavy atom. The third-order valence-corrected chi connectivity index (χ3v) is 3.97. The number of rotatable bonds is 5. The van der Waals surface area contributed by atoms with Crippen molar-refractivity contribution in [3.8, 4) is 0 Å². The molecule has 0 radical (unpaired) electrons. The Kier molecular flexibility index (Phi) is 5.01. The largest absolute Gasteiger partial charge is 0.396 e. The number of aliphatic hydroxyl groups is 1. The van der Waals surface area contributed by atoms with E-state index in [1.54, 1.807) is 4.68 Å². The van der Waals surface area contributed by atoms with Crippen molar-refractivity contribution >= 4 is 5.69 Å². The number of hydrogen-bond donors (Lipinski definition) is 2.